The van der Waals surface area contributed by atoms with Crippen molar-refractivity contribution in [3.63, 3.8) is 0 Å². The Morgan fingerprint density at radius 1 is 1.21 bits per heavy atom. The van der Waals surface area contributed by atoms with Crippen LogP contribution in [0, 0.1) is 0 Å². The van der Waals surface area contributed by atoms with E-state index in [4.69, 9.17) is 0 Å². The highest BCUT2D eigenvalue weighted by Crippen LogP contribution is 2.22. The Balaban J connectivity index is 2.11. The Kier molecular flexibility index (Phi) is 5.97. The van der Waals surface area contributed by atoms with E-state index in [1.807, 2.05) is 18.2 Å². The summed E-state index contributed by atoms with van der Waals surface area (Å²) < 4.78 is 5.14. The first-order valence-corrected chi connectivity index (χ1v) is 11.0. The number of aromatic nitrogens is 1. The SMILES string of the molecule is CSCCn1c(=NC(=O)c2cccc(Br)c2)sc2cc(Br)ccc21. The van der Waals surface area contributed by atoms with Gasteiger partial charge < -0.3 is 4.57 Å². The van der Waals surface area contributed by atoms with Gasteiger partial charge in [0.1, 0.15) is 0 Å². The maximum absolute atomic E-state index is 12.5. The fourth-order valence-electron chi connectivity index (χ4n) is 2.30. The Labute approximate surface area is 165 Å². The van der Waals surface area contributed by atoms with Gasteiger partial charge in [0.25, 0.3) is 5.91 Å². The van der Waals surface area contributed by atoms with E-state index in [-0.39, 0.29) is 5.91 Å². The Hall–Kier alpha value is -0.890. The van der Waals surface area contributed by atoms with Crippen LogP contribution in [0.3, 0.4) is 0 Å². The number of nitrogens with zero attached hydrogens (tertiary/aromatic N) is 2. The van der Waals surface area contributed by atoms with E-state index >= 15 is 0 Å². The largest absolute Gasteiger partial charge is 0.316 e. The molecule has 0 fully saturated rings. The minimum Gasteiger partial charge on any atom is -0.316 e. The third-order valence-corrected chi connectivity index (χ3v) is 6.05. The van der Waals surface area contributed by atoms with E-state index < -0.39 is 0 Å². The van der Waals surface area contributed by atoms with Gasteiger partial charge in [-0.1, -0.05) is 49.3 Å². The van der Waals surface area contributed by atoms with Crippen LogP contribution in [-0.4, -0.2) is 22.5 Å². The molecule has 3 nitrogen and oxygen atoms in total. The number of carbonyl (C=O) groups excluding carboxylic acids is 1. The molecule has 7 heteroatoms. The minimum absolute atomic E-state index is 0.222. The summed E-state index contributed by atoms with van der Waals surface area (Å²) in [4.78, 5) is 17.7. The molecule has 0 bridgehead atoms. The van der Waals surface area contributed by atoms with Gasteiger partial charge in [-0.25, -0.2) is 0 Å². The van der Waals surface area contributed by atoms with Crippen LogP contribution in [0.4, 0.5) is 0 Å². The molecule has 0 aliphatic heterocycles. The van der Waals surface area contributed by atoms with E-state index in [0.29, 0.717) is 5.56 Å². The maximum atomic E-state index is 12.5. The molecule has 124 valence electrons. The molecule has 0 radical (unpaired) electrons. The monoisotopic (exact) mass is 484 g/mol. The van der Waals surface area contributed by atoms with E-state index in [2.05, 4.69) is 59.8 Å². The van der Waals surface area contributed by atoms with Gasteiger partial charge >= 0.3 is 0 Å². The van der Waals surface area contributed by atoms with E-state index in [1.165, 1.54) is 0 Å². The Bertz CT molecular complexity index is 963. The van der Waals surface area contributed by atoms with E-state index in [1.54, 1.807) is 35.2 Å². The molecule has 1 aromatic heterocycles. The van der Waals surface area contributed by atoms with Crippen LogP contribution >= 0.6 is 55.0 Å². The standard InChI is InChI=1S/C17H14Br2N2OS2/c1-23-8-7-21-14-6-5-13(19)10-15(14)24-17(21)20-16(22)11-3-2-4-12(18)9-11/h2-6,9-10H,7-8H2,1H3. The number of thiazole rings is 1. The van der Waals surface area contributed by atoms with Crippen LogP contribution in [0.15, 0.2) is 56.4 Å². The summed E-state index contributed by atoms with van der Waals surface area (Å²) in [5.41, 5.74) is 1.69. The molecule has 1 amide bonds. The quantitative estimate of drug-likeness (QED) is 0.500. The second-order valence-corrected chi connectivity index (χ2v) is 8.89. The third-order valence-electron chi connectivity index (χ3n) is 3.43. The molecule has 0 aliphatic rings. The number of aryl methyl sites for hydroxylation is 1. The number of fused-ring (bicyclic) bond motifs is 1. The summed E-state index contributed by atoms with van der Waals surface area (Å²) in [6, 6.07) is 13.5. The van der Waals surface area contributed by atoms with Crippen LogP contribution < -0.4 is 4.80 Å². The lowest BCUT2D eigenvalue weighted by Gasteiger charge is -2.03. The van der Waals surface area contributed by atoms with Crippen molar-refractivity contribution in [2.24, 2.45) is 4.99 Å². The van der Waals surface area contributed by atoms with Crippen LogP contribution in [0.5, 0.6) is 0 Å². The number of benzene rings is 2. The van der Waals surface area contributed by atoms with Crippen LogP contribution in [0.25, 0.3) is 10.2 Å². The normalized spacial score (nSPS) is 12.0. The molecular formula is C17H14Br2N2OS2. The van der Waals surface area contributed by atoms with Gasteiger partial charge in [-0.15, -0.1) is 0 Å². The van der Waals surface area contributed by atoms with E-state index in [0.717, 1.165) is 36.3 Å². The van der Waals surface area contributed by atoms with Crippen molar-refractivity contribution in [1.29, 1.82) is 0 Å². The number of thioether (sulfide) groups is 1. The first-order valence-electron chi connectivity index (χ1n) is 7.21. The van der Waals surface area contributed by atoms with Gasteiger partial charge in [0, 0.05) is 26.8 Å². The molecule has 3 aromatic rings. The summed E-state index contributed by atoms with van der Waals surface area (Å²) in [7, 11) is 0. The maximum Gasteiger partial charge on any atom is 0.279 e. The Morgan fingerprint density at radius 2 is 2.00 bits per heavy atom. The lowest BCUT2D eigenvalue weighted by atomic mass is 10.2. The summed E-state index contributed by atoms with van der Waals surface area (Å²) in [5, 5.41) is 0. The molecule has 0 atom stereocenters. The van der Waals surface area contributed by atoms with Crippen molar-refractivity contribution >= 4 is 71.1 Å². The smallest absolute Gasteiger partial charge is 0.279 e. The average Bonchev–Trinajstić information content (AvgIpc) is 2.89. The fraction of sp³-hybridized carbons (Fsp3) is 0.176. The van der Waals surface area contributed by atoms with Crippen molar-refractivity contribution in [3.05, 3.63) is 61.8 Å². The second-order valence-electron chi connectivity index (χ2n) is 5.07. The predicted octanol–water partition coefficient (Wildman–Crippen LogP) is 5.33. The predicted molar refractivity (Wildman–Crippen MR) is 110 cm³/mol. The van der Waals surface area contributed by atoms with Gasteiger partial charge in [-0.2, -0.15) is 16.8 Å². The molecule has 3 rings (SSSR count). The zero-order valence-corrected chi connectivity index (χ0v) is 17.6. The van der Waals surface area contributed by atoms with Crippen LogP contribution in [-0.2, 0) is 6.54 Å². The fourth-order valence-corrected chi connectivity index (χ4v) is 4.67. The van der Waals surface area contributed by atoms with Gasteiger partial charge in [-0.3, -0.25) is 4.79 Å². The lowest BCUT2D eigenvalue weighted by molar-refractivity contribution is 0.0998. The van der Waals surface area contributed by atoms with Gasteiger partial charge in [-0.05, 0) is 42.7 Å². The summed E-state index contributed by atoms with van der Waals surface area (Å²) in [5.74, 6) is 0.750. The zero-order chi connectivity index (χ0) is 17.1. The lowest BCUT2D eigenvalue weighted by Crippen LogP contribution is -2.18. The molecule has 1 heterocycles. The second kappa shape index (κ2) is 7.99. The summed E-state index contributed by atoms with van der Waals surface area (Å²) in [6.07, 6.45) is 2.08. The molecule has 0 aliphatic carbocycles. The van der Waals surface area contributed by atoms with Crippen LogP contribution in [0.2, 0.25) is 0 Å². The molecule has 0 spiro atoms. The number of hydrogen-bond acceptors (Lipinski definition) is 3. The Morgan fingerprint density at radius 3 is 2.75 bits per heavy atom. The average molecular weight is 486 g/mol. The van der Waals surface area contributed by atoms with Crippen molar-refractivity contribution in [2.75, 3.05) is 12.0 Å². The number of rotatable bonds is 4. The molecular weight excluding hydrogens is 472 g/mol. The molecule has 0 unspecified atom stereocenters. The number of hydrogen-bond donors (Lipinski definition) is 0. The van der Waals surface area contributed by atoms with Crippen molar-refractivity contribution in [2.45, 2.75) is 6.54 Å². The topological polar surface area (TPSA) is 34.4 Å². The molecule has 0 N–H and O–H groups in total. The minimum atomic E-state index is -0.222. The zero-order valence-electron chi connectivity index (χ0n) is 12.8. The third kappa shape index (κ3) is 4.02. The molecule has 2 aromatic carbocycles. The van der Waals surface area contributed by atoms with Gasteiger partial charge in [0.15, 0.2) is 4.80 Å². The van der Waals surface area contributed by atoms with Crippen molar-refractivity contribution < 1.29 is 4.79 Å². The number of halogens is 2. The number of amides is 1. The van der Waals surface area contributed by atoms with Gasteiger partial charge in [0.05, 0.1) is 10.2 Å². The first-order chi connectivity index (χ1) is 11.6. The highest BCUT2D eigenvalue weighted by molar-refractivity contribution is 9.10. The highest BCUT2D eigenvalue weighted by Gasteiger charge is 2.10. The van der Waals surface area contributed by atoms with Crippen LogP contribution in [0.1, 0.15) is 10.4 Å². The first kappa shape index (κ1) is 17.9. The van der Waals surface area contributed by atoms with Gasteiger partial charge in [0.2, 0.25) is 0 Å². The van der Waals surface area contributed by atoms with Crippen molar-refractivity contribution in [1.82, 2.24) is 4.57 Å². The summed E-state index contributed by atoms with van der Waals surface area (Å²) in [6.45, 7) is 0.827. The van der Waals surface area contributed by atoms with E-state index in [9.17, 15) is 4.79 Å². The van der Waals surface area contributed by atoms with Crippen molar-refractivity contribution in [3.8, 4) is 0 Å². The molecule has 24 heavy (non-hydrogen) atoms. The summed E-state index contributed by atoms with van der Waals surface area (Å²) >= 11 is 10.2. The highest BCUT2D eigenvalue weighted by atomic mass is 79.9. The number of carbonyl (C=O) groups is 1. The molecule has 0 saturated carbocycles. The molecule has 0 saturated heterocycles.